The van der Waals surface area contributed by atoms with Crippen LogP contribution in [0.25, 0.3) is 0 Å². The molecule has 4 nitrogen and oxygen atoms in total. The zero-order valence-electron chi connectivity index (χ0n) is 8.95. The molecule has 1 aromatic rings. The molecule has 4 N–H and O–H groups in total. The van der Waals surface area contributed by atoms with Crippen molar-refractivity contribution in [2.24, 2.45) is 5.92 Å². The van der Waals surface area contributed by atoms with E-state index in [9.17, 15) is 4.79 Å². The summed E-state index contributed by atoms with van der Waals surface area (Å²) in [7, 11) is 0. The van der Waals surface area contributed by atoms with Crippen LogP contribution in [0.2, 0.25) is 0 Å². The Morgan fingerprint density at radius 3 is 2.80 bits per heavy atom. The van der Waals surface area contributed by atoms with Crippen LogP contribution in [0.3, 0.4) is 0 Å². The summed E-state index contributed by atoms with van der Waals surface area (Å²) >= 11 is 0. The highest BCUT2D eigenvalue weighted by atomic mass is 16.3. The molecule has 0 aliphatic carbocycles. The number of phenols is 1. The average molecular weight is 208 g/mol. The maximum absolute atomic E-state index is 11.6. The molecule has 0 saturated heterocycles. The van der Waals surface area contributed by atoms with Gasteiger partial charge in [0.15, 0.2) is 0 Å². The van der Waals surface area contributed by atoms with Gasteiger partial charge in [0, 0.05) is 12.0 Å². The molecule has 15 heavy (non-hydrogen) atoms. The third-order valence-electron chi connectivity index (χ3n) is 2.35. The maximum atomic E-state index is 11.6. The fourth-order valence-electron chi connectivity index (χ4n) is 1.11. The van der Waals surface area contributed by atoms with Crippen LogP contribution in [-0.2, 0) is 4.79 Å². The summed E-state index contributed by atoms with van der Waals surface area (Å²) in [5, 5.41) is 11.8. The summed E-state index contributed by atoms with van der Waals surface area (Å²) < 4.78 is 0. The molecule has 1 unspecified atom stereocenters. The molecule has 0 aliphatic heterocycles. The van der Waals surface area contributed by atoms with Crippen molar-refractivity contribution in [3.63, 3.8) is 0 Å². The van der Waals surface area contributed by atoms with Crippen LogP contribution in [0.5, 0.6) is 5.75 Å². The molecule has 1 amide bonds. The van der Waals surface area contributed by atoms with Gasteiger partial charge in [-0.3, -0.25) is 4.79 Å². The second kappa shape index (κ2) is 4.68. The van der Waals surface area contributed by atoms with Gasteiger partial charge < -0.3 is 16.2 Å². The predicted molar refractivity (Wildman–Crippen MR) is 60.6 cm³/mol. The first-order valence-electron chi connectivity index (χ1n) is 4.94. The van der Waals surface area contributed by atoms with Gasteiger partial charge in [-0.1, -0.05) is 13.8 Å². The quantitative estimate of drug-likeness (QED) is 0.525. The molecule has 1 rings (SSSR count). The summed E-state index contributed by atoms with van der Waals surface area (Å²) in [6, 6.07) is 4.49. The highest BCUT2D eigenvalue weighted by Gasteiger charge is 2.11. The van der Waals surface area contributed by atoms with E-state index in [1.165, 1.54) is 12.1 Å². The Morgan fingerprint density at radius 1 is 1.60 bits per heavy atom. The summed E-state index contributed by atoms with van der Waals surface area (Å²) in [4.78, 5) is 11.6. The predicted octanol–water partition coefficient (Wildman–Crippen LogP) is 1.96. The number of rotatable bonds is 3. The SMILES string of the molecule is CCC(C)C(=O)Nc1ccc(O)cc1N. The largest absolute Gasteiger partial charge is 0.508 e. The van der Waals surface area contributed by atoms with E-state index in [4.69, 9.17) is 10.8 Å². The molecule has 0 aromatic heterocycles. The molecule has 82 valence electrons. The highest BCUT2D eigenvalue weighted by molar-refractivity contribution is 5.95. The lowest BCUT2D eigenvalue weighted by Crippen LogP contribution is -2.20. The Kier molecular flexibility index (Phi) is 3.55. The van der Waals surface area contributed by atoms with Gasteiger partial charge in [-0.05, 0) is 18.6 Å². The van der Waals surface area contributed by atoms with Gasteiger partial charge in [0.25, 0.3) is 0 Å². The van der Waals surface area contributed by atoms with Gasteiger partial charge >= 0.3 is 0 Å². The number of aromatic hydroxyl groups is 1. The molecule has 1 atom stereocenters. The number of nitrogens with one attached hydrogen (secondary N) is 1. The number of hydrogen-bond acceptors (Lipinski definition) is 3. The first-order valence-corrected chi connectivity index (χ1v) is 4.94. The Morgan fingerprint density at radius 2 is 2.27 bits per heavy atom. The molecular weight excluding hydrogens is 192 g/mol. The smallest absolute Gasteiger partial charge is 0.227 e. The molecule has 0 heterocycles. The van der Waals surface area contributed by atoms with E-state index in [1.54, 1.807) is 6.07 Å². The van der Waals surface area contributed by atoms with E-state index in [-0.39, 0.29) is 17.6 Å². The summed E-state index contributed by atoms with van der Waals surface area (Å²) in [5.74, 6) is -0.0119. The van der Waals surface area contributed by atoms with Gasteiger partial charge in [-0.2, -0.15) is 0 Å². The van der Waals surface area contributed by atoms with Crippen LogP contribution in [0, 0.1) is 5.92 Å². The molecule has 1 aromatic carbocycles. The van der Waals surface area contributed by atoms with Crippen molar-refractivity contribution in [3.05, 3.63) is 18.2 Å². The normalized spacial score (nSPS) is 12.1. The third-order valence-corrected chi connectivity index (χ3v) is 2.35. The first-order chi connectivity index (χ1) is 7.04. The lowest BCUT2D eigenvalue weighted by atomic mass is 10.1. The van der Waals surface area contributed by atoms with Crippen LogP contribution >= 0.6 is 0 Å². The van der Waals surface area contributed by atoms with Crippen molar-refractivity contribution < 1.29 is 9.90 Å². The lowest BCUT2D eigenvalue weighted by Gasteiger charge is -2.11. The van der Waals surface area contributed by atoms with E-state index in [0.717, 1.165) is 6.42 Å². The van der Waals surface area contributed by atoms with Gasteiger partial charge in [0.2, 0.25) is 5.91 Å². The topological polar surface area (TPSA) is 75.3 Å². The minimum absolute atomic E-state index is 0.0433. The molecule has 0 radical (unpaired) electrons. The Bertz CT molecular complexity index is 364. The molecule has 0 fully saturated rings. The fourth-order valence-corrected chi connectivity index (χ4v) is 1.11. The number of hydrogen-bond donors (Lipinski definition) is 3. The van der Waals surface area contributed by atoms with Crippen molar-refractivity contribution in [3.8, 4) is 5.75 Å². The lowest BCUT2D eigenvalue weighted by molar-refractivity contribution is -0.119. The number of carbonyl (C=O) groups excluding carboxylic acids is 1. The zero-order chi connectivity index (χ0) is 11.4. The number of anilines is 2. The number of carbonyl (C=O) groups is 1. The highest BCUT2D eigenvalue weighted by Crippen LogP contribution is 2.23. The number of nitrogens with two attached hydrogens (primary N) is 1. The van der Waals surface area contributed by atoms with Gasteiger partial charge in [0.05, 0.1) is 11.4 Å². The van der Waals surface area contributed by atoms with Crippen LogP contribution in [0.4, 0.5) is 11.4 Å². The van der Waals surface area contributed by atoms with Gasteiger partial charge in [0.1, 0.15) is 5.75 Å². The minimum atomic E-state index is -0.0603. The average Bonchev–Trinajstić information content (AvgIpc) is 2.20. The number of amides is 1. The standard InChI is InChI=1S/C11H16N2O2/c1-3-7(2)11(15)13-10-5-4-8(14)6-9(10)12/h4-7,14H,3,12H2,1-2H3,(H,13,15). The van der Waals surface area contributed by atoms with Crippen LogP contribution in [-0.4, -0.2) is 11.0 Å². The second-order valence-electron chi connectivity index (χ2n) is 3.57. The van der Waals surface area contributed by atoms with Crippen molar-refractivity contribution >= 4 is 17.3 Å². The van der Waals surface area contributed by atoms with Crippen LogP contribution in [0.15, 0.2) is 18.2 Å². The third kappa shape index (κ3) is 2.87. The second-order valence-corrected chi connectivity index (χ2v) is 3.57. The number of benzene rings is 1. The maximum Gasteiger partial charge on any atom is 0.227 e. The number of phenolic OH excluding ortho intramolecular Hbond substituents is 1. The summed E-state index contributed by atoms with van der Waals surface area (Å²) in [6.07, 6.45) is 0.782. The van der Waals surface area contributed by atoms with E-state index < -0.39 is 0 Å². The minimum Gasteiger partial charge on any atom is -0.508 e. The molecule has 0 spiro atoms. The Hall–Kier alpha value is -1.71. The van der Waals surface area contributed by atoms with E-state index >= 15 is 0 Å². The molecular formula is C11H16N2O2. The van der Waals surface area contributed by atoms with E-state index in [0.29, 0.717) is 11.4 Å². The Labute approximate surface area is 89.1 Å². The summed E-state index contributed by atoms with van der Waals surface area (Å²) in [5.41, 5.74) is 6.54. The molecule has 4 heteroatoms. The fraction of sp³-hybridized carbons (Fsp3) is 0.364. The Balaban J connectivity index is 2.77. The van der Waals surface area contributed by atoms with Gasteiger partial charge in [-0.15, -0.1) is 0 Å². The van der Waals surface area contributed by atoms with Crippen LogP contribution in [0.1, 0.15) is 20.3 Å². The molecule has 0 aliphatic rings. The van der Waals surface area contributed by atoms with Crippen molar-refractivity contribution in [1.29, 1.82) is 0 Å². The van der Waals surface area contributed by atoms with E-state index in [1.807, 2.05) is 13.8 Å². The van der Waals surface area contributed by atoms with Gasteiger partial charge in [-0.25, -0.2) is 0 Å². The molecule has 0 bridgehead atoms. The van der Waals surface area contributed by atoms with Crippen molar-refractivity contribution in [2.45, 2.75) is 20.3 Å². The van der Waals surface area contributed by atoms with Crippen molar-refractivity contribution in [2.75, 3.05) is 11.1 Å². The first kappa shape index (κ1) is 11.4. The zero-order valence-corrected chi connectivity index (χ0v) is 8.95. The summed E-state index contributed by atoms with van der Waals surface area (Å²) in [6.45, 7) is 3.80. The monoisotopic (exact) mass is 208 g/mol. The van der Waals surface area contributed by atoms with Crippen LogP contribution < -0.4 is 11.1 Å². The van der Waals surface area contributed by atoms with Crippen molar-refractivity contribution in [1.82, 2.24) is 0 Å². The van der Waals surface area contributed by atoms with E-state index in [2.05, 4.69) is 5.32 Å². The molecule has 0 saturated carbocycles. The number of nitrogen functional groups attached to an aromatic ring is 1.